The van der Waals surface area contributed by atoms with Crippen LogP contribution in [-0.2, 0) is 4.79 Å². The van der Waals surface area contributed by atoms with Crippen LogP contribution in [0.5, 0.6) is 5.75 Å². The second kappa shape index (κ2) is 8.21. The summed E-state index contributed by atoms with van der Waals surface area (Å²) in [7, 11) is 0. The summed E-state index contributed by atoms with van der Waals surface area (Å²) >= 11 is 1.67. The van der Waals surface area contributed by atoms with Gasteiger partial charge in [-0.05, 0) is 29.5 Å². The van der Waals surface area contributed by atoms with Crippen LogP contribution < -0.4 is 4.74 Å². The zero-order chi connectivity index (χ0) is 15.0. The first kappa shape index (κ1) is 16.0. The highest BCUT2D eigenvalue weighted by atomic mass is 32.2. The Bertz CT molecular complexity index is 515. The highest BCUT2D eigenvalue weighted by Gasteiger charge is 2.15. The smallest absolute Gasteiger partial charge is 0.328 e. The maximum absolute atomic E-state index is 10.9. The second-order valence-corrected chi connectivity index (χ2v) is 5.10. The third-order valence-electron chi connectivity index (χ3n) is 2.29. The van der Waals surface area contributed by atoms with Crippen molar-refractivity contribution in [3.8, 4) is 5.75 Å². The van der Waals surface area contributed by atoms with Crippen molar-refractivity contribution in [1.82, 2.24) is 0 Å². The number of nitro groups is 1. The molecule has 0 amide bonds. The van der Waals surface area contributed by atoms with Crippen LogP contribution in [0.1, 0.15) is 12.5 Å². The summed E-state index contributed by atoms with van der Waals surface area (Å²) in [6, 6.07) is 4.25. The standard InChI is InChI=1S/C13H15NO5S/c1-2-20-8-7-19-12-9-10(4-6-13(15)16)3-5-11(12)14(17)18/h3-6,9H,2,7-8H2,1H3,(H,15,16)/b6-4+. The van der Waals surface area contributed by atoms with Gasteiger partial charge >= 0.3 is 11.7 Å². The molecular formula is C13H15NO5S. The minimum Gasteiger partial charge on any atom is -0.486 e. The van der Waals surface area contributed by atoms with Crippen molar-refractivity contribution in [3.63, 3.8) is 0 Å². The van der Waals surface area contributed by atoms with Crippen molar-refractivity contribution < 1.29 is 19.6 Å². The van der Waals surface area contributed by atoms with Crippen LogP contribution >= 0.6 is 11.8 Å². The quantitative estimate of drug-likeness (QED) is 0.343. The van der Waals surface area contributed by atoms with E-state index in [9.17, 15) is 14.9 Å². The van der Waals surface area contributed by atoms with E-state index in [4.69, 9.17) is 9.84 Å². The van der Waals surface area contributed by atoms with E-state index < -0.39 is 10.9 Å². The Kier molecular flexibility index (Phi) is 6.58. The van der Waals surface area contributed by atoms with E-state index >= 15 is 0 Å². The molecule has 6 nitrogen and oxygen atoms in total. The maximum atomic E-state index is 10.9. The number of rotatable bonds is 8. The van der Waals surface area contributed by atoms with Crippen molar-refractivity contribution in [2.45, 2.75) is 6.92 Å². The molecule has 0 heterocycles. The molecule has 0 aromatic heterocycles. The fourth-order valence-electron chi connectivity index (χ4n) is 1.42. The molecular weight excluding hydrogens is 282 g/mol. The summed E-state index contributed by atoms with van der Waals surface area (Å²) in [5, 5.41) is 19.5. The number of carbonyl (C=O) groups is 1. The predicted molar refractivity (Wildman–Crippen MR) is 78.3 cm³/mol. The van der Waals surface area contributed by atoms with E-state index in [1.807, 2.05) is 6.92 Å². The van der Waals surface area contributed by atoms with E-state index in [0.29, 0.717) is 12.2 Å². The first-order chi connectivity index (χ1) is 9.54. The average molecular weight is 297 g/mol. The molecule has 0 saturated carbocycles. The van der Waals surface area contributed by atoms with E-state index in [2.05, 4.69) is 0 Å². The molecule has 1 rings (SSSR count). The minimum atomic E-state index is -1.08. The van der Waals surface area contributed by atoms with Gasteiger partial charge in [-0.3, -0.25) is 10.1 Å². The average Bonchev–Trinajstić information content (AvgIpc) is 2.41. The highest BCUT2D eigenvalue weighted by Crippen LogP contribution is 2.28. The van der Waals surface area contributed by atoms with Crippen molar-refractivity contribution >= 4 is 29.5 Å². The molecule has 20 heavy (non-hydrogen) atoms. The molecule has 7 heteroatoms. The number of carboxylic acid groups (broad SMARTS) is 1. The normalized spacial score (nSPS) is 10.7. The van der Waals surface area contributed by atoms with Crippen LogP contribution in [0.3, 0.4) is 0 Å². The Hall–Kier alpha value is -2.02. The third-order valence-corrected chi connectivity index (χ3v) is 3.15. The molecule has 1 aromatic rings. The Morgan fingerprint density at radius 3 is 2.90 bits per heavy atom. The van der Waals surface area contributed by atoms with Gasteiger partial charge in [0, 0.05) is 17.9 Å². The molecule has 1 aromatic carbocycles. The summed E-state index contributed by atoms with van der Waals surface area (Å²) in [6.07, 6.45) is 2.33. The van der Waals surface area contributed by atoms with Crippen molar-refractivity contribution in [3.05, 3.63) is 40.0 Å². The number of nitro benzene ring substituents is 1. The van der Waals surface area contributed by atoms with E-state index in [1.54, 1.807) is 11.8 Å². The number of carboxylic acids is 1. The maximum Gasteiger partial charge on any atom is 0.328 e. The lowest BCUT2D eigenvalue weighted by atomic mass is 10.2. The molecule has 0 fully saturated rings. The van der Waals surface area contributed by atoms with Crippen molar-refractivity contribution in [2.24, 2.45) is 0 Å². The Balaban J connectivity index is 2.88. The highest BCUT2D eigenvalue weighted by molar-refractivity contribution is 7.99. The van der Waals surface area contributed by atoms with Crippen molar-refractivity contribution in [2.75, 3.05) is 18.1 Å². The number of benzene rings is 1. The summed E-state index contributed by atoms with van der Waals surface area (Å²) in [6.45, 7) is 2.38. The number of ether oxygens (including phenoxy) is 1. The van der Waals surface area contributed by atoms with Gasteiger partial charge in [0.05, 0.1) is 11.5 Å². The van der Waals surface area contributed by atoms with Crippen LogP contribution in [0, 0.1) is 10.1 Å². The van der Waals surface area contributed by atoms with Crippen LogP contribution in [0.2, 0.25) is 0 Å². The van der Waals surface area contributed by atoms with Crippen molar-refractivity contribution in [1.29, 1.82) is 0 Å². The van der Waals surface area contributed by atoms with Gasteiger partial charge in [0.1, 0.15) is 0 Å². The number of thioether (sulfide) groups is 1. The summed E-state index contributed by atoms with van der Waals surface area (Å²) in [5.41, 5.74) is 0.412. The topological polar surface area (TPSA) is 89.7 Å². The summed E-state index contributed by atoms with van der Waals surface area (Å²) in [4.78, 5) is 20.8. The largest absolute Gasteiger partial charge is 0.486 e. The van der Waals surface area contributed by atoms with Gasteiger partial charge in [-0.2, -0.15) is 11.8 Å². The Morgan fingerprint density at radius 2 is 2.30 bits per heavy atom. The lowest BCUT2D eigenvalue weighted by molar-refractivity contribution is -0.385. The molecule has 0 bridgehead atoms. The molecule has 108 valence electrons. The lowest BCUT2D eigenvalue weighted by Crippen LogP contribution is -2.03. The number of hydrogen-bond acceptors (Lipinski definition) is 5. The third kappa shape index (κ3) is 5.31. The van der Waals surface area contributed by atoms with Gasteiger partial charge in [-0.1, -0.05) is 6.92 Å². The second-order valence-electron chi connectivity index (χ2n) is 3.70. The first-order valence-corrected chi connectivity index (χ1v) is 7.10. The monoisotopic (exact) mass is 297 g/mol. The SMILES string of the molecule is CCSCCOc1cc(/C=C/C(=O)O)ccc1[N+](=O)[O-]. The number of nitrogens with zero attached hydrogens (tertiary/aromatic N) is 1. The molecule has 0 saturated heterocycles. The molecule has 0 atom stereocenters. The molecule has 1 N–H and O–H groups in total. The van der Waals surface area contributed by atoms with E-state index in [1.165, 1.54) is 24.3 Å². The van der Waals surface area contributed by atoms with Gasteiger partial charge in [0.15, 0.2) is 5.75 Å². The first-order valence-electron chi connectivity index (χ1n) is 5.94. The Labute approximate surface area is 120 Å². The molecule has 0 spiro atoms. The van der Waals surface area contributed by atoms with E-state index in [-0.39, 0.29) is 11.4 Å². The van der Waals surface area contributed by atoms with E-state index in [0.717, 1.165) is 17.6 Å². The number of hydrogen-bond donors (Lipinski definition) is 1. The zero-order valence-corrected chi connectivity index (χ0v) is 11.8. The van der Waals surface area contributed by atoms with Crippen LogP contribution in [0.4, 0.5) is 5.69 Å². The van der Waals surface area contributed by atoms with Gasteiger partial charge in [-0.15, -0.1) is 0 Å². The van der Waals surface area contributed by atoms with Gasteiger partial charge in [-0.25, -0.2) is 4.79 Å². The predicted octanol–water partition coefficient (Wildman–Crippen LogP) is 2.82. The van der Waals surface area contributed by atoms with Gasteiger partial charge in [0.25, 0.3) is 0 Å². The Morgan fingerprint density at radius 1 is 1.55 bits per heavy atom. The molecule has 0 radical (unpaired) electrons. The molecule has 0 aliphatic rings. The fraction of sp³-hybridized carbons (Fsp3) is 0.308. The van der Waals surface area contributed by atoms with Crippen LogP contribution in [-0.4, -0.2) is 34.1 Å². The minimum absolute atomic E-state index is 0.126. The molecule has 0 aliphatic heterocycles. The fourth-order valence-corrected chi connectivity index (χ4v) is 1.91. The lowest BCUT2D eigenvalue weighted by Gasteiger charge is -2.07. The summed E-state index contributed by atoms with van der Waals surface area (Å²) < 4.78 is 5.40. The van der Waals surface area contributed by atoms with Crippen LogP contribution in [0.15, 0.2) is 24.3 Å². The van der Waals surface area contributed by atoms with Gasteiger partial charge in [0.2, 0.25) is 0 Å². The zero-order valence-electron chi connectivity index (χ0n) is 10.9. The molecule has 0 aliphatic carbocycles. The molecule has 0 unspecified atom stereocenters. The summed E-state index contributed by atoms with van der Waals surface area (Å²) in [5.74, 6) is 0.764. The number of aliphatic carboxylic acids is 1. The van der Waals surface area contributed by atoms with Gasteiger partial charge < -0.3 is 9.84 Å². The van der Waals surface area contributed by atoms with Crippen LogP contribution in [0.25, 0.3) is 6.08 Å².